The maximum atomic E-state index is 6.23. The molecule has 0 atom stereocenters. The number of halogens is 1. The van der Waals surface area contributed by atoms with E-state index in [9.17, 15) is 0 Å². The molecule has 3 nitrogen and oxygen atoms in total. The second kappa shape index (κ2) is 8.28. The number of nitrogens with zero attached hydrogens (tertiary/aromatic N) is 2. The van der Waals surface area contributed by atoms with E-state index in [1.807, 2.05) is 19.1 Å². The highest BCUT2D eigenvalue weighted by atomic mass is 35.5. The van der Waals surface area contributed by atoms with Crippen LogP contribution < -0.4 is 10.2 Å². The Morgan fingerprint density at radius 1 is 1.45 bits per heavy atom. The van der Waals surface area contributed by atoms with E-state index in [-0.39, 0.29) is 0 Å². The molecule has 1 aromatic rings. The minimum Gasteiger partial charge on any atom is -0.353 e. The zero-order valence-electron chi connectivity index (χ0n) is 13.0. The van der Waals surface area contributed by atoms with Crippen molar-refractivity contribution in [2.24, 2.45) is 5.92 Å². The summed E-state index contributed by atoms with van der Waals surface area (Å²) in [6, 6.07) is 3.90. The highest BCUT2D eigenvalue weighted by Gasteiger charge is 2.09. The molecule has 0 amide bonds. The van der Waals surface area contributed by atoms with Crippen LogP contribution in [0.2, 0.25) is 5.02 Å². The number of likely N-dealkylation sites (N-methyl/N-ethyl adjacent to an activating group) is 1. The highest BCUT2D eigenvalue weighted by Crippen LogP contribution is 2.20. The van der Waals surface area contributed by atoms with Gasteiger partial charge in [0.05, 0.1) is 10.7 Å². The molecular formula is C16H26ClN3. The summed E-state index contributed by atoms with van der Waals surface area (Å²) in [5.74, 6) is 1.58. The average molecular weight is 296 g/mol. The number of nitrogens with one attached hydrogen (secondary N) is 1. The van der Waals surface area contributed by atoms with Gasteiger partial charge in [-0.25, -0.2) is 4.98 Å². The van der Waals surface area contributed by atoms with Crippen molar-refractivity contribution < 1.29 is 0 Å². The molecule has 0 radical (unpaired) electrons. The summed E-state index contributed by atoms with van der Waals surface area (Å²) in [5.41, 5.74) is 2.04. The minimum atomic E-state index is 0.618. The quantitative estimate of drug-likeness (QED) is 0.738. The van der Waals surface area contributed by atoms with Crippen molar-refractivity contribution in [2.45, 2.75) is 34.2 Å². The lowest BCUT2D eigenvalue weighted by Gasteiger charge is -2.23. The number of hydrogen-bond donors (Lipinski definition) is 1. The van der Waals surface area contributed by atoms with Crippen LogP contribution in [0.5, 0.6) is 0 Å². The Balaban J connectivity index is 2.80. The van der Waals surface area contributed by atoms with E-state index in [2.05, 4.69) is 42.6 Å². The molecule has 0 spiro atoms. The van der Waals surface area contributed by atoms with Gasteiger partial charge in [-0.2, -0.15) is 0 Å². The van der Waals surface area contributed by atoms with Gasteiger partial charge in [0.1, 0.15) is 5.82 Å². The Hall–Kier alpha value is -1.06. The Kier molecular flexibility index (Phi) is 7.03. The molecule has 1 N–H and O–H groups in total. The van der Waals surface area contributed by atoms with E-state index in [0.717, 1.165) is 41.7 Å². The van der Waals surface area contributed by atoms with Gasteiger partial charge in [-0.3, -0.25) is 0 Å². The Morgan fingerprint density at radius 3 is 2.70 bits per heavy atom. The van der Waals surface area contributed by atoms with Crippen LogP contribution in [-0.2, 0) is 6.54 Å². The second-order valence-electron chi connectivity index (χ2n) is 5.59. The van der Waals surface area contributed by atoms with Gasteiger partial charge < -0.3 is 10.2 Å². The molecule has 4 heteroatoms. The Bertz CT molecular complexity index is 443. The van der Waals surface area contributed by atoms with Crippen molar-refractivity contribution in [1.82, 2.24) is 10.3 Å². The molecule has 112 valence electrons. The molecule has 0 unspecified atom stereocenters. The molecule has 0 aliphatic heterocycles. The molecule has 0 aliphatic carbocycles. The lowest BCUT2D eigenvalue weighted by molar-refractivity contribution is 0.548. The Labute approximate surface area is 128 Å². The first-order valence-electron chi connectivity index (χ1n) is 7.19. The van der Waals surface area contributed by atoms with Gasteiger partial charge in [0, 0.05) is 19.6 Å². The topological polar surface area (TPSA) is 28.2 Å². The standard InChI is InChI=1S/C16H26ClN3/c1-6-20(11-13(4)5)16-8-7-14(17)15(19-16)10-18-9-12(2)3/h7-8,12,18H,4,6,9-11H2,1-3,5H3. The molecule has 1 aromatic heterocycles. The van der Waals surface area contributed by atoms with Gasteiger partial charge in [-0.1, -0.05) is 37.6 Å². The van der Waals surface area contributed by atoms with Gasteiger partial charge in [0.25, 0.3) is 0 Å². The third kappa shape index (κ3) is 5.51. The van der Waals surface area contributed by atoms with Crippen LogP contribution in [0.4, 0.5) is 5.82 Å². The van der Waals surface area contributed by atoms with Crippen molar-refractivity contribution in [3.63, 3.8) is 0 Å². The number of pyridine rings is 1. The van der Waals surface area contributed by atoms with Gasteiger partial charge in [-0.05, 0) is 38.4 Å². The second-order valence-corrected chi connectivity index (χ2v) is 6.00. The van der Waals surface area contributed by atoms with E-state index in [4.69, 9.17) is 11.6 Å². The SMILES string of the molecule is C=C(C)CN(CC)c1ccc(Cl)c(CNCC(C)C)n1. The van der Waals surface area contributed by atoms with Crippen molar-refractivity contribution >= 4 is 17.4 Å². The number of anilines is 1. The van der Waals surface area contributed by atoms with E-state index >= 15 is 0 Å². The van der Waals surface area contributed by atoms with Gasteiger partial charge >= 0.3 is 0 Å². The number of hydrogen-bond acceptors (Lipinski definition) is 3. The van der Waals surface area contributed by atoms with Crippen LogP contribution in [0.15, 0.2) is 24.3 Å². The van der Waals surface area contributed by atoms with E-state index in [1.165, 1.54) is 0 Å². The molecule has 0 saturated heterocycles. The summed E-state index contributed by atoms with van der Waals surface area (Å²) in [4.78, 5) is 6.88. The smallest absolute Gasteiger partial charge is 0.129 e. The zero-order valence-corrected chi connectivity index (χ0v) is 13.8. The lowest BCUT2D eigenvalue weighted by Crippen LogP contribution is -2.26. The normalized spacial score (nSPS) is 10.9. The van der Waals surface area contributed by atoms with Crippen LogP contribution in [0.3, 0.4) is 0 Å². The van der Waals surface area contributed by atoms with Crippen molar-refractivity contribution in [1.29, 1.82) is 0 Å². The van der Waals surface area contributed by atoms with Crippen LogP contribution in [0.1, 0.15) is 33.4 Å². The Morgan fingerprint density at radius 2 is 2.15 bits per heavy atom. The molecule has 0 aromatic carbocycles. The summed E-state index contributed by atoms with van der Waals surface area (Å²) in [6.07, 6.45) is 0. The summed E-state index contributed by atoms with van der Waals surface area (Å²) in [6.45, 7) is 15.9. The molecular weight excluding hydrogens is 270 g/mol. The molecule has 0 saturated carbocycles. The summed E-state index contributed by atoms with van der Waals surface area (Å²) < 4.78 is 0. The predicted octanol–water partition coefficient (Wildman–Crippen LogP) is 3.88. The lowest BCUT2D eigenvalue weighted by atomic mass is 10.2. The molecule has 0 aliphatic rings. The largest absolute Gasteiger partial charge is 0.353 e. The first kappa shape index (κ1) is 17.0. The first-order chi connectivity index (χ1) is 9.43. The fourth-order valence-corrected chi connectivity index (χ4v) is 2.10. The monoisotopic (exact) mass is 295 g/mol. The first-order valence-corrected chi connectivity index (χ1v) is 7.57. The van der Waals surface area contributed by atoms with Gasteiger partial charge in [0.15, 0.2) is 0 Å². The number of aromatic nitrogens is 1. The molecule has 0 fully saturated rings. The highest BCUT2D eigenvalue weighted by molar-refractivity contribution is 6.31. The van der Waals surface area contributed by atoms with E-state index in [1.54, 1.807) is 0 Å². The van der Waals surface area contributed by atoms with E-state index in [0.29, 0.717) is 12.5 Å². The summed E-state index contributed by atoms with van der Waals surface area (Å²) in [7, 11) is 0. The zero-order chi connectivity index (χ0) is 15.1. The van der Waals surface area contributed by atoms with Crippen molar-refractivity contribution in [3.8, 4) is 0 Å². The predicted molar refractivity (Wildman–Crippen MR) is 88.5 cm³/mol. The van der Waals surface area contributed by atoms with Crippen LogP contribution in [0, 0.1) is 5.92 Å². The van der Waals surface area contributed by atoms with Crippen molar-refractivity contribution in [2.75, 3.05) is 24.5 Å². The summed E-state index contributed by atoms with van der Waals surface area (Å²) in [5, 5.41) is 4.10. The maximum Gasteiger partial charge on any atom is 0.129 e. The molecule has 1 rings (SSSR count). The molecule has 20 heavy (non-hydrogen) atoms. The van der Waals surface area contributed by atoms with Gasteiger partial charge in [0.2, 0.25) is 0 Å². The summed E-state index contributed by atoms with van der Waals surface area (Å²) >= 11 is 6.23. The van der Waals surface area contributed by atoms with Crippen molar-refractivity contribution in [3.05, 3.63) is 35.0 Å². The van der Waals surface area contributed by atoms with Crippen LogP contribution >= 0.6 is 11.6 Å². The fraction of sp³-hybridized carbons (Fsp3) is 0.562. The van der Waals surface area contributed by atoms with Crippen LogP contribution in [-0.4, -0.2) is 24.6 Å². The number of rotatable bonds is 8. The van der Waals surface area contributed by atoms with Crippen LogP contribution in [0.25, 0.3) is 0 Å². The molecule has 1 heterocycles. The maximum absolute atomic E-state index is 6.23. The molecule has 0 bridgehead atoms. The third-order valence-electron chi connectivity index (χ3n) is 2.92. The third-order valence-corrected chi connectivity index (χ3v) is 3.26. The fourth-order valence-electron chi connectivity index (χ4n) is 1.93. The average Bonchev–Trinajstić information content (AvgIpc) is 2.37. The van der Waals surface area contributed by atoms with E-state index < -0.39 is 0 Å². The minimum absolute atomic E-state index is 0.618. The van der Waals surface area contributed by atoms with Gasteiger partial charge in [-0.15, -0.1) is 0 Å².